The van der Waals surface area contributed by atoms with E-state index < -0.39 is 0 Å². The molecule has 0 spiro atoms. The van der Waals surface area contributed by atoms with Crippen molar-refractivity contribution < 1.29 is 4.79 Å². The van der Waals surface area contributed by atoms with Crippen molar-refractivity contribution in [3.63, 3.8) is 0 Å². The summed E-state index contributed by atoms with van der Waals surface area (Å²) < 4.78 is 1.96. The van der Waals surface area contributed by atoms with Gasteiger partial charge in [0.1, 0.15) is 5.65 Å². The maximum atomic E-state index is 12.3. The van der Waals surface area contributed by atoms with Crippen molar-refractivity contribution in [1.82, 2.24) is 14.3 Å². The van der Waals surface area contributed by atoms with Crippen molar-refractivity contribution >= 4 is 11.6 Å². The van der Waals surface area contributed by atoms with Gasteiger partial charge in [-0.3, -0.25) is 4.79 Å². The summed E-state index contributed by atoms with van der Waals surface area (Å²) in [5, 5.41) is 0. The molecule has 1 aliphatic rings. The molecule has 0 aliphatic carbocycles. The molecule has 4 heteroatoms. The van der Waals surface area contributed by atoms with E-state index in [0.717, 1.165) is 30.7 Å². The summed E-state index contributed by atoms with van der Waals surface area (Å²) in [7, 11) is 0. The number of amides is 1. The van der Waals surface area contributed by atoms with E-state index in [2.05, 4.69) is 11.9 Å². The predicted molar refractivity (Wildman–Crippen MR) is 73.9 cm³/mol. The third-order valence-corrected chi connectivity index (χ3v) is 3.87. The lowest BCUT2D eigenvalue weighted by Gasteiger charge is -2.33. The van der Waals surface area contributed by atoms with Crippen LogP contribution < -0.4 is 0 Å². The number of hydrogen-bond acceptors (Lipinski definition) is 2. The van der Waals surface area contributed by atoms with Crippen LogP contribution in [0.1, 0.15) is 31.9 Å². The molecule has 2 aromatic rings. The number of hydrogen-bond donors (Lipinski definition) is 0. The van der Waals surface area contributed by atoms with Gasteiger partial charge in [0.25, 0.3) is 0 Å². The van der Waals surface area contributed by atoms with Gasteiger partial charge in [-0.25, -0.2) is 4.98 Å². The Bertz CT molecular complexity index is 557. The number of carbonyl (C=O) groups excluding carboxylic acids is 1. The number of carbonyl (C=O) groups is 1. The molecule has 3 rings (SSSR count). The maximum Gasteiger partial charge on any atom is 0.228 e. The molecular formula is C15H19N3O. The monoisotopic (exact) mass is 257 g/mol. The van der Waals surface area contributed by atoms with Crippen molar-refractivity contribution in [1.29, 1.82) is 0 Å². The number of fused-ring (bicyclic) bond motifs is 1. The highest BCUT2D eigenvalue weighted by molar-refractivity contribution is 5.79. The number of nitrogens with zero attached hydrogens (tertiary/aromatic N) is 3. The predicted octanol–water partition coefficient (Wildman–Crippen LogP) is 2.28. The van der Waals surface area contributed by atoms with Crippen LogP contribution in [-0.2, 0) is 11.2 Å². The molecule has 0 aromatic carbocycles. The summed E-state index contributed by atoms with van der Waals surface area (Å²) >= 11 is 0. The zero-order valence-electron chi connectivity index (χ0n) is 11.2. The van der Waals surface area contributed by atoms with Crippen LogP contribution in [-0.4, -0.2) is 32.8 Å². The summed E-state index contributed by atoms with van der Waals surface area (Å²) in [5.74, 6) is 0.204. The van der Waals surface area contributed by atoms with Crippen LogP contribution in [0.5, 0.6) is 0 Å². The molecule has 1 unspecified atom stereocenters. The van der Waals surface area contributed by atoms with Gasteiger partial charge >= 0.3 is 0 Å². The van der Waals surface area contributed by atoms with E-state index in [4.69, 9.17) is 0 Å². The van der Waals surface area contributed by atoms with Gasteiger partial charge in [0.15, 0.2) is 0 Å². The van der Waals surface area contributed by atoms with Crippen LogP contribution >= 0.6 is 0 Å². The third kappa shape index (κ3) is 2.48. The number of rotatable bonds is 2. The van der Waals surface area contributed by atoms with Crippen LogP contribution in [0, 0.1) is 0 Å². The summed E-state index contributed by atoms with van der Waals surface area (Å²) in [6.07, 6.45) is 7.80. The topological polar surface area (TPSA) is 37.6 Å². The molecule has 2 aromatic heterocycles. The standard InChI is InChI=1S/C15H19N3O/c1-12-6-2-5-9-18(12)15(19)10-13-11-17-8-4-3-7-14(17)16-13/h3-4,7-8,11-12H,2,5-6,9-10H2,1H3. The van der Waals surface area contributed by atoms with E-state index in [1.54, 1.807) is 0 Å². The molecule has 1 amide bonds. The highest BCUT2D eigenvalue weighted by atomic mass is 16.2. The van der Waals surface area contributed by atoms with E-state index in [-0.39, 0.29) is 5.91 Å². The molecule has 0 radical (unpaired) electrons. The van der Waals surface area contributed by atoms with Crippen molar-refractivity contribution in [2.75, 3.05) is 6.54 Å². The zero-order chi connectivity index (χ0) is 13.2. The van der Waals surface area contributed by atoms with E-state index in [1.807, 2.05) is 39.9 Å². The fraction of sp³-hybridized carbons (Fsp3) is 0.467. The van der Waals surface area contributed by atoms with E-state index in [1.165, 1.54) is 6.42 Å². The Morgan fingerprint density at radius 1 is 1.42 bits per heavy atom. The number of aromatic nitrogens is 2. The Kier molecular flexibility index (Phi) is 3.23. The molecule has 100 valence electrons. The second kappa shape index (κ2) is 5.03. The van der Waals surface area contributed by atoms with E-state index >= 15 is 0 Å². The zero-order valence-corrected chi connectivity index (χ0v) is 11.2. The molecule has 1 atom stereocenters. The van der Waals surface area contributed by atoms with Gasteiger partial charge in [-0.1, -0.05) is 6.07 Å². The molecular weight excluding hydrogens is 238 g/mol. The Morgan fingerprint density at radius 2 is 2.32 bits per heavy atom. The average molecular weight is 257 g/mol. The number of imidazole rings is 1. The minimum atomic E-state index is 0.204. The summed E-state index contributed by atoms with van der Waals surface area (Å²) in [4.78, 5) is 18.8. The van der Waals surface area contributed by atoms with Crippen molar-refractivity contribution in [3.8, 4) is 0 Å². The first-order chi connectivity index (χ1) is 9.24. The minimum Gasteiger partial charge on any atom is -0.340 e. The fourth-order valence-corrected chi connectivity index (χ4v) is 2.80. The SMILES string of the molecule is CC1CCCCN1C(=O)Cc1cn2ccccc2n1. The Morgan fingerprint density at radius 3 is 3.11 bits per heavy atom. The molecule has 0 saturated carbocycles. The Labute approximate surface area is 113 Å². The van der Waals surface area contributed by atoms with Crippen molar-refractivity contribution in [2.24, 2.45) is 0 Å². The summed E-state index contributed by atoms with van der Waals surface area (Å²) in [6, 6.07) is 6.25. The van der Waals surface area contributed by atoms with Gasteiger partial charge < -0.3 is 9.30 Å². The van der Waals surface area contributed by atoms with Gasteiger partial charge in [-0.05, 0) is 38.3 Å². The fourth-order valence-electron chi connectivity index (χ4n) is 2.80. The van der Waals surface area contributed by atoms with Crippen molar-refractivity contribution in [2.45, 2.75) is 38.6 Å². The van der Waals surface area contributed by atoms with Gasteiger partial charge in [0, 0.05) is 25.0 Å². The van der Waals surface area contributed by atoms with Crippen molar-refractivity contribution in [3.05, 3.63) is 36.3 Å². The van der Waals surface area contributed by atoms with Crippen LogP contribution in [0.4, 0.5) is 0 Å². The molecule has 0 bridgehead atoms. The molecule has 19 heavy (non-hydrogen) atoms. The second-order valence-electron chi connectivity index (χ2n) is 5.31. The molecule has 1 saturated heterocycles. The Balaban J connectivity index is 1.75. The van der Waals surface area contributed by atoms with Gasteiger partial charge in [0.2, 0.25) is 5.91 Å². The normalized spacial score (nSPS) is 19.8. The van der Waals surface area contributed by atoms with Crippen LogP contribution in [0.25, 0.3) is 5.65 Å². The number of pyridine rings is 1. The lowest BCUT2D eigenvalue weighted by atomic mass is 10.0. The first-order valence-corrected chi connectivity index (χ1v) is 6.96. The average Bonchev–Trinajstić information content (AvgIpc) is 2.81. The highest BCUT2D eigenvalue weighted by Crippen LogP contribution is 2.17. The van der Waals surface area contributed by atoms with E-state index in [9.17, 15) is 4.79 Å². The minimum absolute atomic E-state index is 0.204. The molecule has 4 nitrogen and oxygen atoms in total. The summed E-state index contributed by atoms with van der Waals surface area (Å²) in [5.41, 5.74) is 1.76. The second-order valence-corrected chi connectivity index (χ2v) is 5.31. The van der Waals surface area contributed by atoms with Crippen LogP contribution in [0.3, 0.4) is 0 Å². The molecule has 1 fully saturated rings. The third-order valence-electron chi connectivity index (χ3n) is 3.87. The quantitative estimate of drug-likeness (QED) is 0.827. The number of piperidine rings is 1. The molecule has 3 heterocycles. The highest BCUT2D eigenvalue weighted by Gasteiger charge is 2.23. The van der Waals surface area contributed by atoms with Gasteiger partial charge in [0.05, 0.1) is 12.1 Å². The first kappa shape index (κ1) is 12.2. The smallest absolute Gasteiger partial charge is 0.228 e. The lowest BCUT2D eigenvalue weighted by Crippen LogP contribution is -2.42. The van der Waals surface area contributed by atoms with Gasteiger partial charge in [-0.15, -0.1) is 0 Å². The molecule has 1 aliphatic heterocycles. The number of likely N-dealkylation sites (tertiary alicyclic amines) is 1. The van der Waals surface area contributed by atoms with Crippen LogP contribution in [0.2, 0.25) is 0 Å². The maximum absolute atomic E-state index is 12.3. The van der Waals surface area contributed by atoms with Gasteiger partial charge in [-0.2, -0.15) is 0 Å². The molecule has 0 N–H and O–H groups in total. The summed E-state index contributed by atoms with van der Waals surface area (Å²) in [6.45, 7) is 3.04. The largest absolute Gasteiger partial charge is 0.340 e. The lowest BCUT2D eigenvalue weighted by molar-refractivity contribution is -0.133. The Hall–Kier alpha value is -1.84. The van der Waals surface area contributed by atoms with Crippen LogP contribution in [0.15, 0.2) is 30.6 Å². The first-order valence-electron chi connectivity index (χ1n) is 6.96. The van der Waals surface area contributed by atoms with E-state index in [0.29, 0.717) is 12.5 Å².